The number of rotatable bonds is 7. The molecule has 0 bridgehead atoms. The molecule has 0 radical (unpaired) electrons. The van der Waals surface area contributed by atoms with E-state index in [-0.39, 0.29) is 30.0 Å². The molecule has 1 heterocycles. The summed E-state index contributed by atoms with van der Waals surface area (Å²) >= 11 is 0. The first kappa shape index (κ1) is 20.1. The Bertz CT molecular complexity index is 843. The maximum atomic E-state index is 13.7. The van der Waals surface area contributed by atoms with Crippen LogP contribution >= 0.6 is 0 Å². The molecule has 1 saturated heterocycles. The first-order chi connectivity index (χ1) is 13.5. The van der Waals surface area contributed by atoms with E-state index in [1.165, 1.54) is 6.07 Å². The summed E-state index contributed by atoms with van der Waals surface area (Å²) in [7, 11) is 0. The number of anilines is 1. The highest BCUT2D eigenvalue weighted by molar-refractivity contribution is 6.01. The Balaban J connectivity index is 1.64. The first-order valence-electron chi connectivity index (χ1n) is 9.97. The molecule has 1 fully saturated rings. The van der Waals surface area contributed by atoms with E-state index in [0.29, 0.717) is 25.1 Å². The monoisotopic (exact) mass is 382 g/mol. The molecular formula is C23H27FN2O2. The summed E-state index contributed by atoms with van der Waals surface area (Å²) in [6.45, 7) is 4.90. The number of benzene rings is 2. The zero-order chi connectivity index (χ0) is 20.1. The second-order valence-corrected chi connectivity index (χ2v) is 7.17. The Morgan fingerprint density at radius 2 is 1.71 bits per heavy atom. The molecule has 4 nitrogen and oxygen atoms in total. The van der Waals surface area contributed by atoms with Crippen LogP contribution in [0.1, 0.15) is 37.0 Å². The molecule has 3 rings (SSSR count). The van der Waals surface area contributed by atoms with Crippen LogP contribution in [0.25, 0.3) is 0 Å². The minimum Gasteiger partial charge on any atom is -0.355 e. The Labute approximate surface area is 165 Å². The fourth-order valence-corrected chi connectivity index (χ4v) is 3.83. The summed E-state index contributed by atoms with van der Waals surface area (Å²) in [4.78, 5) is 27.0. The molecule has 2 amide bonds. The molecular weight excluding hydrogens is 355 g/mol. The predicted molar refractivity (Wildman–Crippen MR) is 109 cm³/mol. The van der Waals surface area contributed by atoms with E-state index in [9.17, 15) is 14.0 Å². The van der Waals surface area contributed by atoms with Crippen molar-refractivity contribution in [1.82, 2.24) is 5.32 Å². The Kier molecular flexibility index (Phi) is 6.45. The molecule has 28 heavy (non-hydrogen) atoms. The molecule has 1 aliphatic heterocycles. The molecule has 1 atom stereocenters. The van der Waals surface area contributed by atoms with Gasteiger partial charge in [-0.2, -0.15) is 0 Å². The van der Waals surface area contributed by atoms with Gasteiger partial charge in [0, 0.05) is 25.2 Å². The zero-order valence-corrected chi connectivity index (χ0v) is 16.5. The van der Waals surface area contributed by atoms with E-state index >= 15 is 0 Å². The SMILES string of the molecule is CCc1cccc(CC)c1N1CC(C(=O)NCCc2ccccc2F)CC1=O. The number of amides is 2. The highest BCUT2D eigenvalue weighted by atomic mass is 19.1. The fraction of sp³-hybridized carbons (Fsp3) is 0.391. The van der Waals surface area contributed by atoms with Crippen molar-refractivity contribution in [3.63, 3.8) is 0 Å². The lowest BCUT2D eigenvalue weighted by molar-refractivity contribution is -0.126. The maximum Gasteiger partial charge on any atom is 0.227 e. The average molecular weight is 382 g/mol. The summed E-state index contributed by atoms with van der Waals surface area (Å²) in [6.07, 6.45) is 2.33. The lowest BCUT2D eigenvalue weighted by Gasteiger charge is -2.23. The number of hydrogen-bond acceptors (Lipinski definition) is 2. The summed E-state index contributed by atoms with van der Waals surface area (Å²) in [6, 6.07) is 12.7. The van der Waals surface area contributed by atoms with Gasteiger partial charge in [0.25, 0.3) is 0 Å². The van der Waals surface area contributed by atoms with Crippen molar-refractivity contribution >= 4 is 17.5 Å². The summed E-state index contributed by atoms with van der Waals surface area (Å²) in [5.41, 5.74) is 3.82. The molecule has 0 spiro atoms. The molecule has 148 valence electrons. The van der Waals surface area contributed by atoms with Crippen molar-refractivity contribution in [2.45, 2.75) is 39.5 Å². The molecule has 2 aromatic rings. The van der Waals surface area contributed by atoms with Crippen LogP contribution in [0, 0.1) is 11.7 Å². The van der Waals surface area contributed by atoms with E-state index in [4.69, 9.17) is 0 Å². The lowest BCUT2D eigenvalue weighted by atomic mass is 10.0. The topological polar surface area (TPSA) is 49.4 Å². The Hall–Kier alpha value is -2.69. The number of aryl methyl sites for hydroxylation is 2. The van der Waals surface area contributed by atoms with Crippen molar-refractivity contribution in [2.24, 2.45) is 5.92 Å². The van der Waals surface area contributed by atoms with E-state index in [1.807, 2.05) is 18.2 Å². The minimum absolute atomic E-state index is 0.00939. The van der Waals surface area contributed by atoms with Crippen LogP contribution < -0.4 is 10.2 Å². The van der Waals surface area contributed by atoms with Crippen LogP contribution in [0.5, 0.6) is 0 Å². The van der Waals surface area contributed by atoms with Crippen molar-refractivity contribution in [3.05, 3.63) is 65.0 Å². The zero-order valence-electron chi connectivity index (χ0n) is 16.5. The molecule has 1 aliphatic rings. The predicted octanol–water partition coefficient (Wildman–Crippen LogP) is 3.66. The third-order valence-electron chi connectivity index (χ3n) is 5.38. The quantitative estimate of drug-likeness (QED) is 0.794. The Morgan fingerprint density at radius 1 is 1.07 bits per heavy atom. The van der Waals surface area contributed by atoms with Crippen molar-refractivity contribution in [1.29, 1.82) is 0 Å². The van der Waals surface area contributed by atoms with Crippen LogP contribution in [-0.4, -0.2) is 24.9 Å². The number of nitrogens with one attached hydrogen (secondary N) is 1. The van der Waals surface area contributed by atoms with E-state index in [1.54, 1.807) is 23.1 Å². The van der Waals surface area contributed by atoms with Gasteiger partial charge in [0.2, 0.25) is 11.8 Å². The molecule has 0 saturated carbocycles. The third-order valence-corrected chi connectivity index (χ3v) is 5.38. The second-order valence-electron chi connectivity index (χ2n) is 7.17. The maximum absolute atomic E-state index is 13.7. The first-order valence-corrected chi connectivity index (χ1v) is 9.97. The summed E-state index contributed by atoms with van der Waals surface area (Å²) < 4.78 is 13.7. The van der Waals surface area contributed by atoms with Crippen LogP contribution in [0.15, 0.2) is 42.5 Å². The van der Waals surface area contributed by atoms with Crippen molar-refractivity contribution < 1.29 is 14.0 Å². The molecule has 1 N–H and O–H groups in total. The van der Waals surface area contributed by atoms with Crippen LogP contribution in [-0.2, 0) is 28.9 Å². The fourth-order valence-electron chi connectivity index (χ4n) is 3.83. The molecule has 2 aromatic carbocycles. The highest BCUT2D eigenvalue weighted by Crippen LogP contribution is 2.32. The van der Waals surface area contributed by atoms with Gasteiger partial charge in [0.05, 0.1) is 5.92 Å². The largest absolute Gasteiger partial charge is 0.355 e. The van der Waals surface area contributed by atoms with Crippen molar-refractivity contribution in [2.75, 3.05) is 18.0 Å². The standard InChI is InChI=1S/C23H27FN2O2/c1-3-16-9-7-10-17(4-2)22(16)26-15-19(14-21(26)27)23(28)25-13-12-18-8-5-6-11-20(18)24/h5-11,19H,3-4,12-15H2,1-2H3,(H,25,28). The number of hydrogen-bond donors (Lipinski definition) is 1. The van der Waals surface area contributed by atoms with Crippen LogP contribution in [0.4, 0.5) is 10.1 Å². The van der Waals surface area contributed by atoms with Gasteiger partial charge in [-0.05, 0) is 42.0 Å². The summed E-state index contributed by atoms with van der Waals surface area (Å²) in [5, 5.41) is 2.87. The van der Waals surface area contributed by atoms with Gasteiger partial charge in [-0.1, -0.05) is 50.2 Å². The van der Waals surface area contributed by atoms with E-state index in [2.05, 4.69) is 19.2 Å². The minimum atomic E-state index is -0.372. The smallest absolute Gasteiger partial charge is 0.227 e. The van der Waals surface area contributed by atoms with Gasteiger partial charge in [-0.15, -0.1) is 0 Å². The van der Waals surface area contributed by atoms with E-state index in [0.717, 1.165) is 29.7 Å². The average Bonchev–Trinajstić information content (AvgIpc) is 3.10. The van der Waals surface area contributed by atoms with Gasteiger partial charge in [0.15, 0.2) is 0 Å². The number of halogens is 1. The lowest BCUT2D eigenvalue weighted by Crippen LogP contribution is -2.34. The van der Waals surface area contributed by atoms with Crippen LogP contribution in [0.3, 0.4) is 0 Å². The van der Waals surface area contributed by atoms with E-state index < -0.39 is 0 Å². The number of nitrogens with zero attached hydrogens (tertiary/aromatic N) is 1. The van der Waals surface area contributed by atoms with Gasteiger partial charge >= 0.3 is 0 Å². The van der Waals surface area contributed by atoms with Gasteiger partial charge in [-0.3, -0.25) is 9.59 Å². The van der Waals surface area contributed by atoms with Crippen molar-refractivity contribution in [3.8, 4) is 0 Å². The van der Waals surface area contributed by atoms with Gasteiger partial charge in [0.1, 0.15) is 5.82 Å². The Morgan fingerprint density at radius 3 is 2.36 bits per heavy atom. The number of carbonyl (C=O) groups excluding carboxylic acids is 2. The van der Waals surface area contributed by atoms with Gasteiger partial charge in [-0.25, -0.2) is 4.39 Å². The third kappa shape index (κ3) is 4.24. The normalized spacial score (nSPS) is 16.5. The summed E-state index contributed by atoms with van der Waals surface area (Å²) in [5.74, 6) is -0.783. The number of carbonyl (C=O) groups is 2. The highest BCUT2D eigenvalue weighted by Gasteiger charge is 2.36. The number of para-hydroxylation sites is 1. The van der Waals surface area contributed by atoms with Crippen LogP contribution in [0.2, 0.25) is 0 Å². The molecule has 5 heteroatoms. The molecule has 1 unspecified atom stereocenters. The van der Waals surface area contributed by atoms with Gasteiger partial charge < -0.3 is 10.2 Å². The second kappa shape index (κ2) is 9.00. The molecule has 0 aliphatic carbocycles. The molecule has 0 aromatic heterocycles.